The van der Waals surface area contributed by atoms with E-state index in [0.29, 0.717) is 6.54 Å². The molecule has 1 aliphatic heterocycles. The second-order valence-corrected chi connectivity index (χ2v) is 6.49. The number of aryl methyl sites for hydroxylation is 1. The summed E-state index contributed by atoms with van der Waals surface area (Å²) in [5.41, 5.74) is 1.70. The van der Waals surface area contributed by atoms with Crippen molar-refractivity contribution in [2.75, 3.05) is 31.1 Å². The number of anilines is 1. The van der Waals surface area contributed by atoms with Crippen molar-refractivity contribution in [2.45, 2.75) is 13.5 Å². The molecule has 0 N–H and O–H groups in total. The number of benzene rings is 1. The molecule has 0 radical (unpaired) electrons. The van der Waals surface area contributed by atoms with Crippen LogP contribution in [0.15, 0.2) is 48.9 Å². The van der Waals surface area contributed by atoms with Gasteiger partial charge in [-0.15, -0.1) is 0 Å². The van der Waals surface area contributed by atoms with Gasteiger partial charge >= 0.3 is 0 Å². The molecule has 1 saturated heterocycles. The van der Waals surface area contributed by atoms with E-state index in [0.717, 1.165) is 49.1 Å². The van der Waals surface area contributed by atoms with Crippen molar-refractivity contribution in [2.24, 2.45) is 0 Å². The SMILES string of the molecule is Cc1ccn(-c2cc(N3CCN(Cc4ccccc4F)CC3)ncn2)n1. The minimum atomic E-state index is -0.134. The molecule has 1 fully saturated rings. The fourth-order valence-corrected chi connectivity index (χ4v) is 3.18. The van der Waals surface area contributed by atoms with E-state index in [4.69, 9.17) is 0 Å². The van der Waals surface area contributed by atoms with E-state index >= 15 is 0 Å². The average Bonchev–Trinajstić information content (AvgIpc) is 3.11. The minimum absolute atomic E-state index is 0.134. The quantitative estimate of drug-likeness (QED) is 0.722. The highest BCUT2D eigenvalue weighted by Crippen LogP contribution is 2.17. The molecule has 1 aromatic carbocycles. The number of aromatic nitrogens is 4. The monoisotopic (exact) mass is 352 g/mol. The van der Waals surface area contributed by atoms with Crippen LogP contribution < -0.4 is 4.90 Å². The van der Waals surface area contributed by atoms with Gasteiger partial charge in [0.05, 0.1) is 5.69 Å². The van der Waals surface area contributed by atoms with Crippen molar-refractivity contribution in [1.29, 1.82) is 0 Å². The van der Waals surface area contributed by atoms with Gasteiger partial charge in [0.15, 0.2) is 5.82 Å². The minimum Gasteiger partial charge on any atom is -0.354 e. The maximum absolute atomic E-state index is 13.8. The van der Waals surface area contributed by atoms with E-state index in [9.17, 15) is 4.39 Å². The summed E-state index contributed by atoms with van der Waals surface area (Å²) in [5, 5.41) is 4.40. The van der Waals surface area contributed by atoms with Gasteiger partial charge in [-0.2, -0.15) is 5.10 Å². The number of rotatable bonds is 4. The highest BCUT2D eigenvalue weighted by atomic mass is 19.1. The summed E-state index contributed by atoms with van der Waals surface area (Å²) in [4.78, 5) is 13.2. The van der Waals surface area contributed by atoms with Gasteiger partial charge in [-0.1, -0.05) is 18.2 Å². The summed E-state index contributed by atoms with van der Waals surface area (Å²) < 4.78 is 15.6. The molecule has 1 aliphatic rings. The highest BCUT2D eigenvalue weighted by molar-refractivity contribution is 5.43. The van der Waals surface area contributed by atoms with E-state index in [1.807, 2.05) is 37.4 Å². The van der Waals surface area contributed by atoms with Gasteiger partial charge in [0, 0.05) is 50.6 Å². The van der Waals surface area contributed by atoms with Crippen LogP contribution in [0, 0.1) is 12.7 Å². The van der Waals surface area contributed by atoms with E-state index < -0.39 is 0 Å². The normalized spacial score (nSPS) is 15.4. The third kappa shape index (κ3) is 3.57. The molecule has 0 spiro atoms. The average molecular weight is 352 g/mol. The molecule has 26 heavy (non-hydrogen) atoms. The number of piperazine rings is 1. The van der Waals surface area contributed by atoms with E-state index in [-0.39, 0.29) is 5.82 Å². The molecule has 3 aromatic rings. The van der Waals surface area contributed by atoms with Crippen molar-refractivity contribution in [3.63, 3.8) is 0 Å². The van der Waals surface area contributed by atoms with Crippen LogP contribution in [0.3, 0.4) is 0 Å². The zero-order chi connectivity index (χ0) is 17.9. The predicted molar refractivity (Wildman–Crippen MR) is 97.8 cm³/mol. The van der Waals surface area contributed by atoms with Gasteiger partial charge in [-0.3, -0.25) is 4.90 Å². The van der Waals surface area contributed by atoms with Crippen molar-refractivity contribution in [1.82, 2.24) is 24.6 Å². The third-order valence-corrected chi connectivity index (χ3v) is 4.64. The Balaban J connectivity index is 1.41. The molecule has 6 nitrogen and oxygen atoms in total. The molecule has 0 aliphatic carbocycles. The lowest BCUT2D eigenvalue weighted by molar-refractivity contribution is 0.246. The number of hydrogen-bond acceptors (Lipinski definition) is 5. The molecule has 4 rings (SSSR count). The van der Waals surface area contributed by atoms with Crippen LogP contribution in [0.4, 0.5) is 10.2 Å². The van der Waals surface area contributed by atoms with Crippen LogP contribution in [0.5, 0.6) is 0 Å². The van der Waals surface area contributed by atoms with Crippen LogP contribution in [0.2, 0.25) is 0 Å². The van der Waals surface area contributed by atoms with Gasteiger partial charge in [-0.05, 0) is 19.1 Å². The van der Waals surface area contributed by atoms with Gasteiger partial charge in [0.2, 0.25) is 0 Å². The summed E-state index contributed by atoms with van der Waals surface area (Å²) >= 11 is 0. The Morgan fingerprint density at radius 2 is 1.77 bits per heavy atom. The van der Waals surface area contributed by atoms with Gasteiger partial charge < -0.3 is 4.90 Å². The Labute approximate surface area is 151 Å². The van der Waals surface area contributed by atoms with Crippen molar-refractivity contribution in [3.05, 3.63) is 66.0 Å². The van der Waals surface area contributed by atoms with E-state index in [1.165, 1.54) is 6.07 Å². The summed E-state index contributed by atoms with van der Waals surface area (Å²) in [6.45, 7) is 6.03. The fraction of sp³-hybridized carbons (Fsp3) is 0.316. The molecule has 2 aromatic heterocycles. The molecule has 7 heteroatoms. The second-order valence-electron chi connectivity index (χ2n) is 6.49. The second kappa shape index (κ2) is 7.21. The molecule has 0 unspecified atom stereocenters. The van der Waals surface area contributed by atoms with Gasteiger partial charge in [0.25, 0.3) is 0 Å². The first-order chi connectivity index (χ1) is 12.7. The van der Waals surface area contributed by atoms with Crippen LogP contribution in [0.25, 0.3) is 5.82 Å². The Bertz CT molecular complexity index is 885. The van der Waals surface area contributed by atoms with Gasteiger partial charge in [0.1, 0.15) is 18.0 Å². The Kier molecular flexibility index (Phi) is 4.62. The third-order valence-electron chi connectivity index (χ3n) is 4.64. The van der Waals surface area contributed by atoms with Crippen LogP contribution in [-0.2, 0) is 6.54 Å². The van der Waals surface area contributed by atoms with Crippen LogP contribution >= 0.6 is 0 Å². The van der Waals surface area contributed by atoms with Gasteiger partial charge in [-0.25, -0.2) is 19.0 Å². The number of nitrogens with zero attached hydrogens (tertiary/aromatic N) is 6. The molecule has 0 atom stereocenters. The number of hydrogen-bond donors (Lipinski definition) is 0. The summed E-state index contributed by atoms with van der Waals surface area (Å²) in [5.74, 6) is 1.52. The van der Waals surface area contributed by atoms with Crippen LogP contribution in [0.1, 0.15) is 11.3 Å². The Morgan fingerprint density at radius 3 is 2.50 bits per heavy atom. The predicted octanol–water partition coefficient (Wildman–Crippen LogP) is 2.43. The lowest BCUT2D eigenvalue weighted by atomic mass is 10.2. The first-order valence-corrected chi connectivity index (χ1v) is 8.74. The maximum atomic E-state index is 13.8. The maximum Gasteiger partial charge on any atom is 0.158 e. The molecular formula is C19H21FN6. The van der Waals surface area contributed by atoms with E-state index in [2.05, 4.69) is 24.9 Å². The zero-order valence-corrected chi connectivity index (χ0v) is 14.7. The standard InChI is InChI=1S/C19H21FN6/c1-15-6-7-26(23-15)19-12-18(21-14-22-19)25-10-8-24(9-11-25)13-16-4-2-3-5-17(16)20/h2-7,12,14H,8-11,13H2,1H3. The fourth-order valence-electron chi connectivity index (χ4n) is 3.18. The molecule has 0 amide bonds. The van der Waals surface area contributed by atoms with Crippen molar-refractivity contribution in [3.8, 4) is 5.82 Å². The summed E-state index contributed by atoms with van der Waals surface area (Å²) in [7, 11) is 0. The Hall–Kier alpha value is -2.80. The lowest BCUT2D eigenvalue weighted by Gasteiger charge is -2.35. The first kappa shape index (κ1) is 16.7. The van der Waals surface area contributed by atoms with E-state index in [1.54, 1.807) is 17.1 Å². The summed E-state index contributed by atoms with van der Waals surface area (Å²) in [6, 6.07) is 10.9. The van der Waals surface area contributed by atoms with Crippen molar-refractivity contribution < 1.29 is 4.39 Å². The lowest BCUT2D eigenvalue weighted by Crippen LogP contribution is -2.46. The highest BCUT2D eigenvalue weighted by Gasteiger charge is 2.19. The summed E-state index contributed by atoms with van der Waals surface area (Å²) in [6.07, 6.45) is 3.47. The number of halogens is 1. The topological polar surface area (TPSA) is 50.1 Å². The molecule has 0 bridgehead atoms. The van der Waals surface area contributed by atoms with Crippen LogP contribution in [-0.4, -0.2) is 50.8 Å². The smallest absolute Gasteiger partial charge is 0.158 e. The zero-order valence-electron chi connectivity index (χ0n) is 14.7. The van der Waals surface area contributed by atoms with Crippen molar-refractivity contribution >= 4 is 5.82 Å². The Morgan fingerprint density at radius 1 is 1.00 bits per heavy atom. The first-order valence-electron chi connectivity index (χ1n) is 8.74. The molecule has 3 heterocycles. The largest absolute Gasteiger partial charge is 0.354 e. The molecular weight excluding hydrogens is 331 g/mol. The molecule has 134 valence electrons. The molecule has 0 saturated carbocycles.